The molecule has 0 saturated carbocycles. The summed E-state index contributed by atoms with van der Waals surface area (Å²) in [5, 5.41) is 2.88. The number of rotatable bonds is 4. The van der Waals surface area contributed by atoms with E-state index in [0.29, 0.717) is 23.7 Å². The van der Waals surface area contributed by atoms with E-state index >= 15 is 0 Å². The van der Waals surface area contributed by atoms with Crippen LogP contribution in [0, 0.1) is 5.82 Å². The van der Waals surface area contributed by atoms with Crippen molar-refractivity contribution in [2.45, 2.75) is 51.9 Å². The molecule has 2 aromatic rings. The lowest BCUT2D eigenvalue weighted by Crippen LogP contribution is -2.36. The molecule has 0 aromatic heterocycles. The van der Waals surface area contributed by atoms with E-state index in [1.807, 2.05) is 25.1 Å². The number of aliphatic imine (C=N–C) groups is 1. The summed E-state index contributed by atoms with van der Waals surface area (Å²) in [6, 6.07) is 11.3. The standard InChI is InChI=1S/C22H26FN3O3/c1-13-20(24)25-18-12-15(8-9-19(18)28-13)17(26-21(27)29-22(2,3)4)11-14-6-5-7-16(23)10-14/h5-10,12-13,17H,11H2,1-4H3,(H2,24,25)(H,26,27). The molecule has 29 heavy (non-hydrogen) atoms. The van der Waals surface area contributed by atoms with Crippen LogP contribution in [-0.4, -0.2) is 23.6 Å². The number of nitrogens with zero attached hydrogens (tertiary/aromatic N) is 1. The molecule has 0 radical (unpaired) electrons. The minimum atomic E-state index is -0.633. The fourth-order valence-corrected chi connectivity index (χ4v) is 3.02. The third-order valence-electron chi connectivity index (χ3n) is 4.37. The molecule has 3 rings (SSSR count). The molecule has 0 fully saturated rings. The van der Waals surface area contributed by atoms with Gasteiger partial charge in [-0.2, -0.15) is 0 Å². The third-order valence-corrected chi connectivity index (χ3v) is 4.37. The van der Waals surface area contributed by atoms with E-state index in [-0.39, 0.29) is 11.9 Å². The zero-order valence-electron chi connectivity index (χ0n) is 17.0. The number of nitrogens with one attached hydrogen (secondary N) is 1. The van der Waals surface area contributed by atoms with E-state index in [2.05, 4.69) is 10.3 Å². The van der Waals surface area contributed by atoms with Crippen molar-refractivity contribution < 1.29 is 18.7 Å². The Kier molecular flexibility index (Phi) is 5.77. The van der Waals surface area contributed by atoms with E-state index in [0.717, 1.165) is 11.1 Å². The first kappa shape index (κ1) is 20.6. The van der Waals surface area contributed by atoms with Crippen molar-refractivity contribution in [3.05, 3.63) is 59.4 Å². The molecular weight excluding hydrogens is 373 g/mol. The molecule has 154 valence electrons. The first-order valence-corrected chi connectivity index (χ1v) is 9.49. The van der Waals surface area contributed by atoms with Gasteiger partial charge in [0.05, 0.1) is 6.04 Å². The maximum absolute atomic E-state index is 13.6. The van der Waals surface area contributed by atoms with E-state index in [9.17, 15) is 9.18 Å². The van der Waals surface area contributed by atoms with Crippen molar-refractivity contribution in [2.24, 2.45) is 10.7 Å². The van der Waals surface area contributed by atoms with Crippen LogP contribution in [0.3, 0.4) is 0 Å². The largest absolute Gasteiger partial charge is 0.481 e. The summed E-state index contributed by atoms with van der Waals surface area (Å²) >= 11 is 0. The van der Waals surface area contributed by atoms with Gasteiger partial charge in [0.25, 0.3) is 0 Å². The molecule has 0 spiro atoms. The van der Waals surface area contributed by atoms with Gasteiger partial charge in [-0.1, -0.05) is 18.2 Å². The number of fused-ring (bicyclic) bond motifs is 1. The van der Waals surface area contributed by atoms with Crippen molar-refractivity contribution in [2.75, 3.05) is 0 Å². The molecule has 1 amide bonds. The Balaban J connectivity index is 1.91. The summed E-state index contributed by atoms with van der Waals surface area (Å²) in [6.07, 6.45) is -0.465. The van der Waals surface area contributed by atoms with E-state index in [4.69, 9.17) is 15.2 Å². The second-order valence-electron chi connectivity index (χ2n) is 8.06. The molecular formula is C22H26FN3O3. The number of amidine groups is 1. The van der Waals surface area contributed by atoms with Crippen molar-refractivity contribution in [3.8, 4) is 5.75 Å². The van der Waals surface area contributed by atoms with Crippen LogP contribution < -0.4 is 15.8 Å². The van der Waals surface area contributed by atoms with Gasteiger partial charge >= 0.3 is 6.09 Å². The molecule has 2 aromatic carbocycles. The van der Waals surface area contributed by atoms with Gasteiger partial charge < -0.3 is 20.5 Å². The van der Waals surface area contributed by atoms with Gasteiger partial charge in [0.15, 0.2) is 6.10 Å². The second-order valence-corrected chi connectivity index (χ2v) is 8.06. The van der Waals surface area contributed by atoms with E-state index < -0.39 is 17.7 Å². The zero-order valence-corrected chi connectivity index (χ0v) is 17.0. The summed E-state index contributed by atoms with van der Waals surface area (Å²) in [5.74, 6) is 0.678. The normalized spacial score (nSPS) is 16.9. The lowest BCUT2D eigenvalue weighted by molar-refractivity contribution is 0.0503. The number of ether oxygens (including phenoxy) is 2. The quantitative estimate of drug-likeness (QED) is 0.798. The molecule has 1 aliphatic rings. The van der Waals surface area contributed by atoms with Crippen LogP contribution >= 0.6 is 0 Å². The highest BCUT2D eigenvalue weighted by Crippen LogP contribution is 2.35. The minimum Gasteiger partial charge on any atom is -0.481 e. The lowest BCUT2D eigenvalue weighted by atomic mass is 9.98. The molecule has 1 aliphatic heterocycles. The van der Waals surface area contributed by atoms with Gasteiger partial charge in [0.1, 0.15) is 28.7 Å². The Hall–Kier alpha value is -3.09. The number of carbonyl (C=O) groups is 1. The Morgan fingerprint density at radius 1 is 1.31 bits per heavy atom. The number of benzene rings is 2. The maximum atomic E-state index is 13.6. The Morgan fingerprint density at radius 2 is 2.07 bits per heavy atom. The summed E-state index contributed by atoms with van der Waals surface area (Å²) in [4.78, 5) is 16.8. The van der Waals surface area contributed by atoms with Crippen LogP contribution in [0.15, 0.2) is 47.5 Å². The lowest BCUT2D eigenvalue weighted by Gasteiger charge is -2.26. The molecule has 6 nitrogen and oxygen atoms in total. The predicted octanol–water partition coefficient (Wildman–Crippen LogP) is 4.40. The number of amides is 1. The number of hydrogen-bond acceptors (Lipinski definition) is 5. The van der Waals surface area contributed by atoms with Gasteiger partial charge in [0.2, 0.25) is 0 Å². The summed E-state index contributed by atoms with van der Waals surface area (Å²) in [6.45, 7) is 7.21. The van der Waals surface area contributed by atoms with Gasteiger partial charge in [0, 0.05) is 0 Å². The topological polar surface area (TPSA) is 85.9 Å². The first-order valence-electron chi connectivity index (χ1n) is 9.49. The summed E-state index contributed by atoms with van der Waals surface area (Å²) < 4.78 is 24.8. The van der Waals surface area contributed by atoms with Gasteiger partial charge in [-0.25, -0.2) is 14.2 Å². The fourth-order valence-electron chi connectivity index (χ4n) is 3.02. The van der Waals surface area contributed by atoms with Crippen molar-refractivity contribution in [1.29, 1.82) is 0 Å². The van der Waals surface area contributed by atoms with Crippen LogP contribution in [-0.2, 0) is 11.2 Å². The Labute approximate surface area is 169 Å². The van der Waals surface area contributed by atoms with Crippen LogP contribution in [0.4, 0.5) is 14.9 Å². The van der Waals surface area contributed by atoms with E-state index in [1.54, 1.807) is 32.9 Å². The fraction of sp³-hybridized carbons (Fsp3) is 0.364. The Morgan fingerprint density at radius 3 is 2.76 bits per heavy atom. The number of carbonyl (C=O) groups excluding carboxylic acids is 1. The highest BCUT2D eigenvalue weighted by atomic mass is 19.1. The highest BCUT2D eigenvalue weighted by molar-refractivity contribution is 5.89. The van der Waals surface area contributed by atoms with Crippen LogP contribution in [0.5, 0.6) is 5.75 Å². The first-order chi connectivity index (χ1) is 13.6. The second kappa shape index (κ2) is 8.11. The maximum Gasteiger partial charge on any atom is 0.408 e. The molecule has 0 aliphatic carbocycles. The SMILES string of the molecule is CC1Oc2ccc(C(Cc3cccc(F)c3)NC(=O)OC(C)(C)C)cc2N=C1N. The third kappa shape index (κ3) is 5.47. The average Bonchev–Trinajstić information content (AvgIpc) is 2.60. The smallest absolute Gasteiger partial charge is 0.408 e. The number of halogens is 1. The van der Waals surface area contributed by atoms with Gasteiger partial charge in [-0.3, -0.25) is 0 Å². The van der Waals surface area contributed by atoms with E-state index in [1.165, 1.54) is 12.1 Å². The van der Waals surface area contributed by atoms with Crippen LogP contribution in [0.2, 0.25) is 0 Å². The molecule has 0 saturated heterocycles. The van der Waals surface area contributed by atoms with Crippen LogP contribution in [0.1, 0.15) is 44.9 Å². The number of nitrogens with two attached hydrogens (primary N) is 1. The molecule has 3 N–H and O–H groups in total. The molecule has 2 unspecified atom stereocenters. The predicted molar refractivity (Wildman–Crippen MR) is 110 cm³/mol. The minimum absolute atomic E-state index is 0.295. The van der Waals surface area contributed by atoms with Crippen LogP contribution in [0.25, 0.3) is 0 Å². The van der Waals surface area contributed by atoms with Crippen molar-refractivity contribution in [1.82, 2.24) is 5.32 Å². The highest BCUT2D eigenvalue weighted by Gasteiger charge is 2.24. The monoisotopic (exact) mass is 399 g/mol. The van der Waals surface area contributed by atoms with Gasteiger partial charge in [-0.15, -0.1) is 0 Å². The average molecular weight is 399 g/mol. The molecule has 2 atom stereocenters. The van der Waals surface area contributed by atoms with Crippen molar-refractivity contribution >= 4 is 17.6 Å². The van der Waals surface area contributed by atoms with Gasteiger partial charge in [-0.05, 0) is 69.5 Å². The molecule has 1 heterocycles. The molecule has 7 heteroatoms. The number of hydrogen-bond donors (Lipinski definition) is 2. The molecule has 0 bridgehead atoms. The zero-order chi connectivity index (χ0) is 21.2. The van der Waals surface area contributed by atoms with Crippen molar-refractivity contribution in [3.63, 3.8) is 0 Å². The summed E-state index contributed by atoms with van der Waals surface area (Å²) in [5.41, 5.74) is 7.39. The number of alkyl carbamates (subject to hydrolysis) is 1. The summed E-state index contributed by atoms with van der Waals surface area (Å²) in [7, 11) is 0. The Bertz CT molecular complexity index is 937.